The van der Waals surface area contributed by atoms with E-state index in [2.05, 4.69) is 15.5 Å². The lowest BCUT2D eigenvalue weighted by Gasteiger charge is -2.26. The number of carbonyl (C=O) groups excluding carboxylic acids is 1. The zero-order chi connectivity index (χ0) is 18.8. The average molecular weight is 365 g/mol. The average Bonchev–Trinajstić information content (AvgIpc) is 2.65. The Morgan fingerprint density at radius 3 is 2.58 bits per heavy atom. The Labute approximate surface area is 153 Å². The molecule has 3 N–H and O–H groups in total. The van der Waals surface area contributed by atoms with Crippen molar-refractivity contribution >= 4 is 17.6 Å². The first kappa shape index (κ1) is 20.2. The Morgan fingerprint density at radius 2 is 1.96 bits per heavy atom. The van der Waals surface area contributed by atoms with Gasteiger partial charge in [0.2, 0.25) is 5.91 Å². The standard InChI is InChI=1S/C18H27N3O5/c1-25-15-5-3-14(4-6-15)20-17(22)13-16(18(23)24)19-7-2-8-21-9-11-26-12-10-21/h3-6,16,19H,2,7-13H2,1H3,(H,20,22)(H,23,24). The van der Waals surface area contributed by atoms with Crippen LogP contribution in [0.4, 0.5) is 5.69 Å². The molecule has 1 aliphatic heterocycles. The molecule has 0 saturated carbocycles. The predicted octanol–water partition coefficient (Wildman–Crippen LogP) is 0.789. The van der Waals surface area contributed by atoms with Gasteiger partial charge in [0.25, 0.3) is 0 Å². The molecule has 8 nitrogen and oxygen atoms in total. The van der Waals surface area contributed by atoms with E-state index in [1.807, 2.05) is 0 Å². The highest BCUT2D eigenvalue weighted by Crippen LogP contribution is 2.15. The second kappa shape index (κ2) is 10.7. The number of nitrogens with zero attached hydrogens (tertiary/aromatic N) is 1. The Bertz CT molecular complexity index is 573. The Morgan fingerprint density at radius 1 is 1.27 bits per heavy atom. The van der Waals surface area contributed by atoms with E-state index in [9.17, 15) is 14.7 Å². The number of carbonyl (C=O) groups is 2. The van der Waals surface area contributed by atoms with Gasteiger partial charge in [-0.15, -0.1) is 0 Å². The number of amides is 1. The van der Waals surface area contributed by atoms with Crippen molar-refractivity contribution in [3.63, 3.8) is 0 Å². The Balaban J connectivity index is 1.71. The predicted molar refractivity (Wildman–Crippen MR) is 97.5 cm³/mol. The molecule has 8 heteroatoms. The molecule has 1 aromatic rings. The van der Waals surface area contributed by atoms with Crippen LogP contribution in [0.2, 0.25) is 0 Å². The topological polar surface area (TPSA) is 100 Å². The lowest BCUT2D eigenvalue weighted by atomic mass is 10.2. The van der Waals surface area contributed by atoms with Crippen molar-refractivity contribution in [1.29, 1.82) is 0 Å². The molecule has 0 radical (unpaired) electrons. The molecule has 26 heavy (non-hydrogen) atoms. The molecule has 2 rings (SSSR count). The summed E-state index contributed by atoms with van der Waals surface area (Å²) >= 11 is 0. The Hall–Kier alpha value is -2.16. The molecule has 1 atom stereocenters. The molecule has 0 aromatic heterocycles. The maximum atomic E-state index is 12.1. The van der Waals surface area contributed by atoms with Crippen LogP contribution >= 0.6 is 0 Å². The molecule has 0 aliphatic carbocycles. The maximum Gasteiger partial charge on any atom is 0.321 e. The summed E-state index contributed by atoms with van der Waals surface area (Å²) in [7, 11) is 1.57. The summed E-state index contributed by atoms with van der Waals surface area (Å²) in [4.78, 5) is 25.8. The second-order valence-corrected chi connectivity index (χ2v) is 6.13. The smallest absolute Gasteiger partial charge is 0.321 e. The summed E-state index contributed by atoms with van der Waals surface area (Å²) < 4.78 is 10.4. The first-order valence-corrected chi connectivity index (χ1v) is 8.78. The minimum Gasteiger partial charge on any atom is -0.497 e. The van der Waals surface area contributed by atoms with Crippen molar-refractivity contribution < 1.29 is 24.2 Å². The first-order chi connectivity index (χ1) is 12.6. The van der Waals surface area contributed by atoms with E-state index in [0.29, 0.717) is 18.0 Å². The number of rotatable bonds is 10. The summed E-state index contributed by atoms with van der Waals surface area (Å²) in [5, 5.41) is 15.0. The molecule has 1 saturated heterocycles. The highest BCUT2D eigenvalue weighted by atomic mass is 16.5. The number of nitrogens with one attached hydrogen (secondary N) is 2. The fourth-order valence-electron chi connectivity index (χ4n) is 2.72. The summed E-state index contributed by atoms with van der Waals surface area (Å²) in [5.41, 5.74) is 0.604. The van der Waals surface area contributed by atoms with Gasteiger partial charge in [-0.3, -0.25) is 14.5 Å². The summed E-state index contributed by atoms with van der Waals surface area (Å²) in [5.74, 6) is -0.683. The van der Waals surface area contributed by atoms with Crippen molar-refractivity contribution in [2.75, 3.05) is 51.8 Å². The van der Waals surface area contributed by atoms with Gasteiger partial charge in [-0.1, -0.05) is 0 Å². The van der Waals surface area contributed by atoms with E-state index in [1.54, 1.807) is 31.4 Å². The summed E-state index contributed by atoms with van der Waals surface area (Å²) in [6, 6.07) is 5.98. The zero-order valence-electron chi connectivity index (χ0n) is 15.1. The van der Waals surface area contributed by atoms with Crippen molar-refractivity contribution in [2.24, 2.45) is 0 Å². The van der Waals surface area contributed by atoms with Crippen molar-refractivity contribution in [2.45, 2.75) is 18.9 Å². The van der Waals surface area contributed by atoms with Crippen LogP contribution in [0.3, 0.4) is 0 Å². The number of methoxy groups -OCH3 is 1. The van der Waals surface area contributed by atoms with Gasteiger partial charge in [0.15, 0.2) is 0 Å². The molecule has 1 aliphatic rings. The highest BCUT2D eigenvalue weighted by molar-refractivity contribution is 5.94. The first-order valence-electron chi connectivity index (χ1n) is 8.78. The van der Waals surface area contributed by atoms with Crippen molar-refractivity contribution in [3.8, 4) is 5.75 Å². The number of hydrogen-bond donors (Lipinski definition) is 3. The summed E-state index contributed by atoms with van der Waals surface area (Å²) in [6.45, 7) is 4.75. The quantitative estimate of drug-likeness (QED) is 0.527. The largest absolute Gasteiger partial charge is 0.497 e. The normalized spacial score (nSPS) is 16.0. The molecule has 1 heterocycles. The van der Waals surface area contributed by atoms with Crippen LogP contribution in [0.15, 0.2) is 24.3 Å². The fourth-order valence-corrected chi connectivity index (χ4v) is 2.72. The number of benzene rings is 1. The number of aliphatic carboxylic acids is 1. The SMILES string of the molecule is COc1ccc(NC(=O)CC(NCCCN2CCOCC2)C(=O)O)cc1. The molecular formula is C18H27N3O5. The molecule has 1 fully saturated rings. The molecule has 1 aromatic carbocycles. The third-order valence-electron chi connectivity index (χ3n) is 4.21. The molecule has 0 spiro atoms. The molecule has 144 valence electrons. The van der Waals surface area contributed by atoms with Crippen LogP contribution in [0.25, 0.3) is 0 Å². The lowest BCUT2D eigenvalue weighted by Crippen LogP contribution is -2.42. The lowest BCUT2D eigenvalue weighted by molar-refractivity contribution is -0.141. The van der Waals surface area contributed by atoms with Crippen molar-refractivity contribution in [3.05, 3.63) is 24.3 Å². The van der Waals surface area contributed by atoms with Crippen molar-refractivity contribution in [1.82, 2.24) is 10.2 Å². The van der Waals surface area contributed by atoms with Crippen LogP contribution in [0.1, 0.15) is 12.8 Å². The summed E-state index contributed by atoms with van der Waals surface area (Å²) in [6.07, 6.45) is 0.697. The second-order valence-electron chi connectivity index (χ2n) is 6.13. The number of morpholine rings is 1. The third-order valence-corrected chi connectivity index (χ3v) is 4.21. The monoisotopic (exact) mass is 365 g/mol. The van der Waals surface area contributed by atoms with Gasteiger partial charge in [0, 0.05) is 18.8 Å². The third kappa shape index (κ3) is 6.99. The van der Waals surface area contributed by atoms with E-state index >= 15 is 0 Å². The van der Waals surface area contributed by atoms with Crippen LogP contribution in [0, 0.1) is 0 Å². The van der Waals surface area contributed by atoms with Gasteiger partial charge in [0.1, 0.15) is 11.8 Å². The minimum absolute atomic E-state index is 0.126. The fraction of sp³-hybridized carbons (Fsp3) is 0.556. The van der Waals surface area contributed by atoms with E-state index in [-0.39, 0.29) is 12.3 Å². The highest BCUT2D eigenvalue weighted by Gasteiger charge is 2.20. The maximum absolute atomic E-state index is 12.1. The van der Waals surface area contributed by atoms with Gasteiger partial charge in [-0.05, 0) is 43.8 Å². The van der Waals surface area contributed by atoms with Crippen LogP contribution in [-0.2, 0) is 14.3 Å². The van der Waals surface area contributed by atoms with E-state index in [1.165, 1.54) is 0 Å². The van der Waals surface area contributed by atoms with Crippen LogP contribution in [0.5, 0.6) is 5.75 Å². The minimum atomic E-state index is -1.03. The van der Waals surface area contributed by atoms with Gasteiger partial charge >= 0.3 is 5.97 Å². The van der Waals surface area contributed by atoms with E-state index < -0.39 is 12.0 Å². The van der Waals surface area contributed by atoms with Gasteiger partial charge < -0.3 is 25.2 Å². The molecular weight excluding hydrogens is 338 g/mol. The van der Waals surface area contributed by atoms with Gasteiger partial charge in [-0.2, -0.15) is 0 Å². The Kier molecular flexibility index (Phi) is 8.33. The van der Waals surface area contributed by atoms with Crippen LogP contribution < -0.4 is 15.4 Å². The van der Waals surface area contributed by atoms with Gasteiger partial charge in [-0.25, -0.2) is 0 Å². The molecule has 1 amide bonds. The number of carboxylic acid groups (broad SMARTS) is 1. The number of anilines is 1. The van der Waals surface area contributed by atoms with E-state index in [0.717, 1.165) is 39.3 Å². The van der Waals surface area contributed by atoms with Gasteiger partial charge in [0.05, 0.1) is 26.7 Å². The molecule has 1 unspecified atom stereocenters. The molecule has 0 bridgehead atoms. The zero-order valence-corrected chi connectivity index (χ0v) is 15.1. The number of hydrogen-bond acceptors (Lipinski definition) is 6. The van der Waals surface area contributed by atoms with Crippen LogP contribution in [-0.4, -0.2) is 74.4 Å². The number of carboxylic acids is 1. The number of ether oxygens (including phenoxy) is 2. The van der Waals surface area contributed by atoms with E-state index in [4.69, 9.17) is 9.47 Å².